The van der Waals surface area contributed by atoms with Gasteiger partial charge in [0.1, 0.15) is 10.0 Å². The maximum atomic E-state index is 12.0. The molecule has 1 atom stereocenters. The smallest absolute Gasteiger partial charge is 0.240 e. The van der Waals surface area contributed by atoms with Crippen LogP contribution in [0.4, 0.5) is 0 Å². The summed E-state index contributed by atoms with van der Waals surface area (Å²) in [5, 5.41) is 12.7. The third-order valence-corrected chi connectivity index (χ3v) is 4.15. The molecule has 1 aromatic heterocycles. The summed E-state index contributed by atoms with van der Waals surface area (Å²) in [6, 6.07) is 9.86. The molecule has 0 bridgehead atoms. The molecule has 5 nitrogen and oxygen atoms in total. The molecule has 0 saturated heterocycles. The Kier molecular flexibility index (Phi) is 6.93. The number of rotatable bonds is 6. The van der Waals surface area contributed by atoms with Crippen LogP contribution in [0.2, 0.25) is 0 Å². The van der Waals surface area contributed by atoms with Gasteiger partial charge in [-0.15, -0.1) is 22.6 Å². The van der Waals surface area contributed by atoms with Gasteiger partial charge in [0, 0.05) is 5.56 Å². The molecule has 0 saturated carbocycles. The van der Waals surface area contributed by atoms with Crippen LogP contribution < -0.4 is 11.1 Å². The molecule has 0 fully saturated rings. The third-order valence-electron chi connectivity index (χ3n) is 3.18. The zero-order valence-corrected chi connectivity index (χ0v) is 14.3. The Labute approximate surface area is 140 Å². The van der Waals surface area contributed by atoms with Crippen molar-refractivity contribution in [1.29, 1.82) is 0 Å². The highest BCUT2D eigenvalue weighted by Crippen LogP contribution is 2.22. The van der Waals surface area contributed by atoms with Crippen molar-refractivity contribution in [3.8, 4) is 10.6 Å². The minimum absolute atomic E-state index is 0. The molecular formula is C15H21ClN4OS. The van der Waals surface area contributed by atoms with Gasteiger partial charge in [-0.1, -0.05) is 55.0 Å². The Balaban J connectivity index is 0.00000242. The summed E-state index contributed by atoms with van der Waals surface area (Å²) in [5.41, 5.74) is 6.18. The van der Waals surface area contributed by atoms with E-state index in [4.69, 9.17) is 5.73 Å². The molecule has 2 rings (SSSR count). The van der Waals surface area contributed by atoms with Gasteiger partial charge in [-0.2, -0.15) is 0 Å². The van der Waals surface area contributed by atoms with Gasteiger partial charge >= 0.3 is 0 Å². The molecule has 1 aromatic carbocycles. The fraction of sp³-hybridized carbons (Fsp3) is 0.400. The Bertz CT molecular complexity index is 601. The van der Waals surface area contributed by atoms with Crippen molar-refractivity contribution in [2.24, 2.45) is 5.73 Å². The van der Waals surface area contributed by atoms with Crippen LogP contribution in [0.15, 0.2) is 30.3 Å². The van der Waals surface area contributed by atoms with Crippen molar-refractivity contribution < 1.29 is 4.79 Å². The third kappa shape index (κ3) is 4.76. The minimum atomic E-state index is -0.832. The number of carbonyl (C=O) groups is 1. The number of halogens is 1. The van der Waals surface area contributed by atoms with E-state index in [1.807, 2.05) is 37.3 Å². The van der Waals surface area contributed by atoms with Crippen LogP contribution in [0, 0.1) is 0 Å². The molecule has 0 radical (unpaired) electrons. The van der Waals surface area contributed by atoms with Crippen molar-refractivity contribution in [1.82, 2.24) is 15.5 Å². The number of hydrogen-bond acceptors (Lipinski definition) is 5. The molecule has 2 aromatic rings. The number of hydrogen-bond donors (Lipinski definition) is 2. The van der Waals surface area contributed by atoms with Gasteiger partial charge in [0.15, 0.2) is 0 Å². The zero-order valence-electron chi connectivity index (χ0n) is 12.7. The Hall–Kier alpha value is -1.50. The van der Waals surface area contributed by atoms with E-state index in [-0.39, 0.29) is 18.3 Å². The summed E-state index contributed by atoms with van der Waals surface area (Å²) in [5.74, 6) is -0.152. The van der Waals surface area contributed by atoms with E-state index >= 15 is 0 Å². The van der Waals surface area contributed by atoms with Crippen molar-refractivity contribution >= 4 is 29.7 Å². The topological polar surface area (TPSA) is 80.9 Å². The summed E-state index contributed by atoms with van der Waals surface area (Å²) in [4.78, 5) is 12.0. The van der Waals surface area contributed by atoms with E-state index in [1.165, 1.54) is 11.3 Å². The van der Waals surface area contributed by atoms with Crippen molar-refractivity contribution in [3.05, 3.63) is 35.3 Å². The van der Waals surface area contributed by atoms with Crippen molar-refractivity contribution in [2.75, 3.05) is 0 Å². The van der Waals surface area contributed by atoms with Crippen LogP contribution >= 0.6 is 23.7 Å². The molecule has 0 aliphatic carbocycles. The number of nitrogens with two attached hydrogens (primary N) is 1. The number of aromatic nitrogens is 2. The van der Waals surface area contributed by atoms with Crippen LogP contribution in [0.1, 0.15) is 31.7 Å². The molecule has 7 heteroatoms. The number of nitrogens with one attached hydrogen (secondary N) is 1. The fourth-order valence-electron chi connectivity index (χ4n) is 2.01. The maximum Gasteiger partial charge on any atom is 0.240 e. The van der Waals surface area contributed by atoms with Gasteiger partial charge in [0.25, 0.3) is 0 Å². The predicted molar refractivity (Wildman–Crippen MR) is 91.9 cm³/mol. The first kappa shape index (κ1) is 18.5. The second-order valence-electron chi connectivity index (χ2n) is 5.22. The molecule has 1 unspecified atom stereocenters. The standard InChI is InChI=1S/C15H20N4OS.ClH/c1-3-9-15(2,16)14(20)17-10-12-18-19-13(21-12)11-7-5-4-6-8-11;/h4-8H,3,9-10,16H2,1-2H3,(H,17,20);1H. The largest absolute Gasteiger partial charge is 0.348 e. The van der Waals surface area contributed by atoms with Crippen LogP contribution in [0.3, 0.4) is 0 Å². The normalized spacial score (nSPS) is 13.0. The average molecular weight is 341 g/mol. The lowest BCUT2D eigenvalue weighted by Crippen LogP contribution is -2.51. The first-order valence-electron chi connectivity index (χ1n) is 6.98. The summed E-state index contributed by atoms with van der Waals surface area (Å²) in [7, 11) is 0. The van der Waals surface area contributed by atoms with Gasteiger partial charge < -0.3 is 11.1 Å². The van der Waals surface area contributed by atoms with Crippen LogP contribution in [-0.4, -0.2) is 21.6 Å². The van der Waals surface area contributed by atoms with E-state index in [9.17, 15) is 4.79 Å². The lowest BCUT2D eigenvalue weighted by atomic mass is 9.97. The second-order valence-corrected chi connectivity index (χ2v) is 6.28. The zero-order chi connectivity index (χ0) is 15.3. The summed E-state index contributed by atoms with van der Waals surface area (Å²) < 4.78 is 0. The van der Waals surface area contributed by atoms with Crippen LogP contribution in [0.25, 0.3) is 10.6 Å². The summed E-state index contributed by atoms with van der Waals surface area (Å²) in [6.07, 6.45) is 1.53. The van der Waals surface area contributed by atoms with E-state index in [2.05, 4.69) is 15.5 Å². The Morgan fingerprint density at radius 3 is 2.64 bits per heavy atom. The van der Waals surface area contributed by atoms with Gasteiger partial charge in [-0.05, 0) is 13.3 Å². The first-order valence-corrected chi connectivity index (χ1v) is 7.79. The molecule has 3 N–H and O–H groups in total. The van der Waals surface area contributed by atoms with Crippen LogP contribution in [-0.2, 0) is 11.3 Å². The van der Waals surface area contributed by atoms with E-state index < -0.39 is 5.54 Å². The highest BCUT2D eigenvalue weighted by molar-refractivity contribution is 7.14. The van der Waals surface area contributed by atoms with Crippen molar-refractivity contribution in [2.45, 2.75) is 38.8 Å². The molecular weight excluding hydrogens is 320 g/mol. The fourth-order valence-corrected chi connectivity index (χ4v) is 2.80. The molecule has 22 heavy (non-hydrogen) atoms. The maximum absolute atomic E-state index is 12.0. The first-order chi connectivity index (χ1) is 10.0. The molecule has 0 spiro atoms. The highest BCUT2D eigenvalue weighted by Gasteiger charge is 2.26. The van der Waals surface area contributed by atoms with Crippen molar-refractivity contribution in [3.63, 3.8) is 0 Å². The van der Waals surface area contributed by atoms with Gasteiger partial charge in [-0.3, -0.25) is 4.79 Å². The molecule has 0 aliphatic rings. The lowest BCUT2D eigenvalue weighted by molar-refractivity contribution is -0.126. The average Bonchev–Trinajstić information content (AvgIpc) is 2.94. The number of benzene rings is 1. The molecule has 0 aliphatic heterocycles. The lowest BCUT2D eigenvalue weighted by Gasteiger charge is -2.22. The van der Waals surface area contributed by atoms with E-state index in [0.717, 1.165) is 22.0 Å². The van der Waals surface area contributed by atoms with Gasteiger partial charge in [-0.25, -0.2) is 0 Å². The molecule has 120 valence electrons. The predicted octanol–water partition coefficient (Wildman–Crippen LogP) is 2.76. The van der Waals surface area contributed by atoms with E-state index in [0.29, 0.717) is 13.0 Å². The summed E-state index contributed by atoms with van der Waals surface area (Å²) >= 11 is 1.47. The monoisotopic (exact) mass is 340 g/mol. The van der Waals surface area contributed by atoms with Gasteiger partial charge in [0.2, 0.25) is 5.91 Å². The Morgan fingerprint density at radius 1 is 1.32 bits per heavy atom. The minimum Gasteiger partial charge on any atom is -0.348 e. The number of carbonyl (C=O) groups excluding carboxylic acids is 1. The highest BCUT2D eigenvalue weighted by atomic mass is 35.5. The van der Waals surface area contributed by atoms with Gasteiger partial charge in [0.05, 0.1) is 12.1 Å². The second kappa shape index (κ2) is 8.22. The quantitative estimate of drug-likeness (QED) is 0.847. The van der Waals surface area contributed by atoms with E-state index in [1.54, 1.807) is 6.92 Å². The van der Waals surface area contributed by atoms with Crippen LogP contribution in [0.5, 0.6) is 0 Å². The Morgan fingerprint density at radius 2 is 2.00 bits per heavy atom. The SMILES string of the molecule is CCCC(C)(N)C(=O)NCc1nnc(-c2ccccc2)s1.Cl. The number of amides is 1. The number of nitrogens with zero attached hydrogens (tertiary/aromatic N) is 2. The molecule has 1 amide bonds. The summed E-state index contributed by atoms with van der Waals surface area (Å²) in [6.45, 7) is 4.12. The molecule has 1 heterocycles.